The Hall–Kier alpha value is -0.960. The lowest BCUT2D eigenvalue weighted by Gasteiger charge is -2.08. The Kier molecular flexibility index (Phi) is 4.53. The normalized spacial score (nSPS) is 12.8. The van der Waals surface area contributed by atoms with E-state index in [1.165, 1.54) is 6.42 Å². The molecule has 0 aliphatic heterocycles. The van der Waals surface area contributed by atoms with Crippen LogP contribution in [0.5, 0.6) is 0 Å². The summed E-state index contributed by atoms with van der Waals surface area (Å²) in [5.74, 6) is 0. The van der Waals surface area contributed by atoms with E-state index in [0.717, 1.165) is 25.0 Å². The van der Waals surface area contributed by atoms with Crippen LogP contribution in [0.1, 0.15) is 50.1 Å². The van der Waals surface area contributed by atoms with Crippen molar-refractivity contribution < 1.29 is 5.11 Å². The van der Waals surface area contributed by atoms with Crippen molar-refractivity contribution >= 4 is 0 Å². The number of unbranched alkanes of at least 4 members (excludes halogenated alkanes) is 2. The summed E-state index contributed by atoms with van der Waals surface area (Å²) >= 11 is 0. The van der Waals surface area contributed by atoms with Crippen LogP contribution in [0.2, 0.25) is 0 Å². The van der Waals surface area contributed by atoms with Crippen molar-refractivity contribution in [1.82, 2.24) is 9.97 Å². The van der Waals surface area contributed by atoms with Gasteiger partial charge in [-0.2, -0.15) is 0 Å². The van der Waals surface area contributed by atoms with Gasteiger partial charge in [0.25, 0.3) is 0 Å². The Balaban J connectivity index is 2.43. The van der Waals surface area contributed by atoms with Gasteiger partial charge in [-0.3, -0.25) is 9.97 Å². The Morgan fingerprint density at radius 3 is 2.64 bits per heavy atom. The van der Waals surface area contributed by atoms with Crippen LogP contribution in [-0.4, -0.2) is 15.1 Å². The summed E-state index contributed by atoms with van der Waals surface area (Å²) in [5, 5.41) is 9.74. The number of hydrogen-bond acceptors (Lipinski definition) is 3. The minimum absolute atomic E-state index is 0.449. The first-order valence-corrected chi connectivity index (χ1v) is 5.20. The minimum Gasteiger partial charge on any atom is -0.387 e. The highest BCUT2D eigenvalue weighted by molar-refractivity contribution is 5.03. The molecule has 1 heterocycles. The molecular weight excluding hydrogens is 176 g/mol. The zero-order chi connectivity index (χ0) is 10.4. The number of rotatable bonds is 5. The maximum Gasteiger partial charge on any atom is 0.0975 e. The fourth-order valence-corrected chi connectivity index (χ4v) is 1.31. The van der Waals surface area contributed by atoms with E-state index in [4.69, 9.17) is 0 Å². The maximum atomic E-state index is 9.74. The molecule has 0 saturated heterocycles. The molecule has 1 rings (SSSR count). The monoisotopic (exact) mass is 194 g/mol. The molecule has 0 fully saturated rings. The minimum atomic E-state index is -0.449. The molecule has 1 unspecified atom stereocenters. The molecule has 14 heavy (non-hydrogen) atoms. The van der Waals surface area contributed by atoms with E-state index in [2.05, 4.69) is 16.9 Å². The molecule has 1 aromatic heterocycles. The van der Waals surface area contributed by atoms with Crippen molar-refractivity contribution in [2.24, 2.45) is 0 Å². The number of aliphatic hydroxyl groups is 1. The molecule has 0 radical (unpaired) electrons. The van der Waals surface area contributed by atoms with Gasteiger partial charge in [0.05, 0.1) is 23.7 Å². The van der Waals surface area contributed by atoms with Crippen LogP contribution in [0, 0.1) is 6.92 Å². The predicted octanol–water partition coefficient (Wildman–Crippen LogP) is 2.40. The maximum absolute atomic E-state index is 9.74. The van der Waals surface area contributed by atoms with E-state index in [9.17, 15) is 5.11 Å². The van der Waals surface area contributed by atoms with E-state index in [0.29, 0.717) is 5.69 Å². The van der Waals surface area contributed by atoms with Crippen LogP contribution in [0.15, 0.2) is 12.4 Å². The summed E-state index contributed by atoms with van der Waals surface area (Å²) in [4.78, 5) is 8.25. The van der Waals surface area contributed by atoms with Crippen LogP contribution < -0.4 is 0 Å². The van der Waals surface area contributed by atoms with E-state index < -0.39 is 6.10 Å². The number of aromatic nitrogens is 2. The Morgan fingerprint density at radius 2 is 2.07 bits per heavy atom. The van der Waals surface area contributed by atoms with E-state index in [1.54, 1.807) is 12.4 Å². The van der Waals surface area contributed by atoms with Gasteiger partial charge in [0.1, 0.15) is 0 Å². The molecule has 78 valence electrons. The fourth-order valence-electron chi connectivity index (χ4n) is 1.31. The average Bonchev–Trinajstić information content (AvgIpc) is 2.19. The van der Waals surface area contributed by atoms with Crippen LogP contribution >= 0.6 is 0 Å². The predicted molar refractivity (Wildman–Crippen MR) is 55.9 cm³/mol. The summed E-state index contributed by atoms with van der Waals surface area (Å²) in [5.41, 5.74) is 1.57. The van der Waals surface area contributed by atoms with E-state index >= 15 is 0 Å². The molecule has 3 nitrogen and oxygen atoms in total. The standard InChI is InChI=1S/C11H18N2O/c1-3-4-5-6-11(14)10-8-12-9(2)7-13-10/h7-8,11,14H,3-6H2,1-2H3. The first-order chi connectivity index (χ1) is 6.74. The third-order valence-electron chi connectivity index (χ3n) is 2.22. The molecule has 0 saturated carbocycles. The molecule has 1 N–H and O–H groups in total. The van der Waals surface area contributed by atoms with Gasteiger partial charge in [-0.1, -0.05) is 26.2 Å². The van der Waals surface area contributed by atoms with Crippen molar-refractivity contribution in [2.75, 3.05) is 0 Å². The van der Waals surface area contributed by atoms with Gasteiger partial charge in [0, 0.05) is 6.20 Å². The van der Waals surface area contributed by atoms with Gasteiger partial charge < -0.3 is 5.11 Å². The number of aryl methyl sites for hydroxylation is 1. The summed E-state index contributed by atoms with van der Waals surface area (Å²) in [6.07, 6.45) is 7.07. The summed E-state index contributed by atoms with van der Waals surface area (Å²) in [6, 6.07) is 0. The van der Waals surface area contributed by atoms with Gasteiger partial charge in [0.15, 0.2) is 0 Å². The zero-order valence-electron chi connectivity index (χ0n) is 8.90. The van der Waals surface area contributed by atoms with Crippen LogP contribution in [0.3, 0.4) is 0 Å². The SMILES string of the molecule is CCCCCC(O)c1cnc(C)cn1. The van der Waals surface area contributed by atoms with Crippen molar-refractivity contribution in [3.05, 3.63) is 23.8 Å². The van der Waals surface area contributed by atoms with E-state index in [-0.39, 0.29) is 0 Å². The van der Waals surface area contributed by atoms with Crippen molar-refractivity contribution in [1.29, 1.82) is 0 Å². The smallest absolute Gasteiger partial charge is 0.0975 e. The second-order valence-corrected chi connectivity index (χ2v) is 3.59. The highest BCUT2D eigenvalue weighted by Crippen LogP contribution is 2.16. The summed E-state index contributed by atoms with van der Waals surface area (Å²) < 4.78 is 0. The first kappa shape index (κ1) is 11.1. The summed E-state index contributed by atoms with van der Waals surface area (Å²) in [6.45, 7) is 4.04. The average molecular weight is 194 g/mol. The molecule has 0 amide bonds. The Bertz CT molecular complexity index is 258. The van der Waals surface area contributed by atoms with Crippen LogP contribution in [0.4, 0.5) is 0 Å². The molecule has 3 heteroatoms. The molecular formula is C11H18N2O. The zero-order valence-corrected chi connectivity index (χ0v) is 8.90. The third kappa shape index (κ3) is 3.42. The van der Waals surface area contributed by atoms with Crippen molar-refractivity contribution in [3.8, 4) is 0 Å². The van der Waals surface area contributed by atoms with Crippen molar-refractivity contribution in [3.63, 3.8) is 0 Å². The van der Waals surface area contributed by atoms with Crippen molar-refractivity contribution in [2.45, 2.75) is 45.6 Å². The Labute approximate surface area is 85.2 Å². The quantitative estimate of drug-likeness (QED) is 0.732. The van der Waals surface area contributed by atoms with Gasteiger partial charge in [-0.25, -0.2) is 0 Å². The highest BCUT2D eigenvalue weighted by atomic mass is 16.3. The largest absolute Gasteiger partial charge is 0.387 e. The number of aliphatic hydroxyl groups excluding tert-OH is 1. The van der Waals surface area contributed by atoms with Gasteiger partial charge in [-0.15, -0.1) is 0 Å². The van der Waals surface area contributed by atoms with Crippen LogP contribution in [0.25, 0.3) is 0 Å². The van der Waals surface area contributed by atoms with Gasteiger partial charge >= 0.3 is 0 Å². The number of hydrogen-bond donors (Lipinski definition) is 1. The first-order valence-electron chi connectivity index (χ1n) is 5.20. The topological polar surface area (TPSA) is 46.0 Å². The molecule has 0 aliphatic rings. The lowest BCUT2D eigenvalue weighted by atomic mass is 10.1. The van der Waals surface area contributed by atoms with E-state index in [1.807, 2.05) is 6.92 Å². The lowest BCUT2D eigenvalue weighted by Crippen LogP contribution is -2.01. The lowest BCUT2D eigenvalue weighted by molar-refractivity contribution is 0.158. The fraction of sp³-hybridized carbons (Fsp3) is 0.636. The summed E-state index contributed by atoms with van der Waals surface area (Å²) in [7, 11) is 0. The molecule has 0 bridgehead atoms. The van der Waals surface area contributed by atoms with Crippen LogP contribution in [-0.2, 0) is 0 Å². The Morgan fingerprint density at radius 1 is 1.29 bits per heavy atom. The highest BCUT2D eigenvalue weighted by Gasteiger charge is 2.08. The molecule has 1 aromatic rings. The number of nitrogens with zero attached hydrogens (tertiary/aromatic N) is 2. The molecule has 1 atom stereocenters. The second kappa shape index (κ2) is 5.70. The molecule has 0 aliphatic carbocycles. The molecule has 0 spiro atoms. The molecule has 0 aromatic carbocycles. The second-order valence-electron chi connectivity index (χ2n) is 3.59. The third-order valence-corrected chi connectivity index (χ3v) is 2.22. The van der Waals surface area contributed by atoms with Gasteiger partial charge in [-0.05, 0) is 13.3 Å². The van der Waals surface area contributed by atoms with Gasteiger partial charge in [0.2, 0.25) is 0 Å².